The number of ether oxygens (including phenoxy) is 1. The Kier molecular flexibility index (Phi) is 6.70. The van der Waals surface area contributed by atoms with Gasteiger partial charge in [-0.15, -0.1) is 0 Å². The molecule has 5 rings (SSSR count). The molecule has 3 atom stereocenters. The van der Waals surface area contributed by atoms with Crippen molar-refractivity contribution in [3.05, 3.63) is 65.5 Å². The van der Waals surface area contributed by atoms with Gasteiger partial charge in [0, 0.05) is 24.9 Å². The van der Waals surface area contributed by atoms with Crippen LogP contribution in [0, 0.1) is 5.82 Å². The second-order valence-electron chi connectivity index (χ2n) is 9.51. The SMILES string of the molecule is O=C1CCC[C@H]2[C@@H](C[C@@H](c3ccc(F)cc3)N2C(=O)c2ccc(OCCN3CCCC3=O)cc2)N1. The van der Waals surface area contributed by atoms with Crippen molar-refractivity contribution >= 4 is 17.7 Å². The summed E-state index contributed by atoms with van der Waals surface area (Å²) in [7, 11) is 0. The third-order valence-electron chi connectivity index (χ3n) is 7.28. The number of fused-ring (bicyclic) bond motifs is 1. The molecule has 0 spiro atoms. The van der Waals surface area contributed by atoms with Gasteiger partial charge in [0.05, 0.1) is 24.7 Å². The van der Waals surface area contributed by atoms with E-state index in [1.807, 2.05) is 9.80 Å². The highest BCUT2D eigenvalue weighted by molar-refractivity contribution is 5.95. The number of hydrogen-bond donors (Lipinski definition) is 1. The zero-order valence-electron chi connectivity index (χ0n) is 19.6. The van der Waals surface area contributed by atoms with E-state index in [1.165, 1.54) is 12.1 Å². The van der Waals surface area contributed by atoms with Gasteiger partial charge in [-0.1, -0.05) is 12.1 Å². The number of nitrogens with zero attached hydrogens (tertiary/aromatic N) is 2. The van der Waals surface area contributed by atoms with Gasteiger partial charge in [0.25, 0.3) is 5.91 Å². The lowest BCUT2D eigenvalue weighted by Gasteiger charge is -2.31. The van der Waals surface area contributed by atoms with Crippen molar-refractivity contribution in [3.63, 3.8) is 0 Å². The molecule has 8 heteroatoms. The fourth-order valence-electron chi connectivity index (χ4n) is 5.51. The largest absolute Gasteiger partial charge is 0.492 e. The topological polar surface area (TPSA) is 79.0 Å². The van der Waals surface area contributed by atoms with E-state index in [9.17, 15) is 18.8 Å². The number of benzene rings is 2. The predicted molar refractivity (Wildman–Crippen MR) is 127 cm³/mol. The molecule has 0 bridgehead atoms. The number of nitrogens with one attached hydrogen (secondary N) is 1. The lowest BCUT2D eigenvalue weighted by atomic mass is 10.0. The van der Waals surface area contributed by atoms with Crippen LogP contribution in [-0.2, 0) is 9.59 Å². The minimum atomic E-state index is -0.322. The Bertz CT molecular complexity index is 1090. The molecule has 0 aromatic heterocycles. The van der Waals surface area contributed by atoms with Gasteiger partial charge < -0.3 is 19.9 Å². The lowest BCUT2D eigenvalue weighted by Crippen LogP contribution is -2.45. The molecule has 3 heterocycles. The Morgan fingerprint density at radius 3 is 2.51 bits per heavy atom. The number of rotatable bonds is 6. The Hall–Kier alpha value is -3.42. The summed E-state index contributed by atoms with van der Waals surface area (Å²) in [5.74, 6) is 0.393. The average molecular weight is 480 g/mol. The van der Waals surface area contributed by atoms with Gasteiger partial charge in [-0.25, -0.2) is 4.39 Å². The third kappa shape index (κ3) is 5.01. The van der Waals surface area contributed by atoms with E-state index >= 15 is 0 Å². The van der Waals surface area contributed by atoms with Crippen LogP contribution in [0.2, 0.25) is 0 Å². The standard InChI is InChI=1S/C27H30FN3O4/c28-20-10-6-18(7-11-20)24-17-22-23(3-1-4-25(32)29-22)31(24)27(34)19-8-12-21(13-9-19)35-16-15-30-14-2-5-26(30)33/h6-13,22-24H,1-5,14-17H2,(H,29,32)/t22-,23+,24+/m1/s1. The van der Waals surface area contributed by atoms with Crippen LogP contribution in [0.3, 0.4) is 0 Å². The first-order chi connectivity index (χ1) is 17.0. The summed E-state index contributed by atoms with van der Waals surface area (Å²) in [6.07, 6.45) is 4.03. The molecule has 2 aromatic carbocycles. The molecule has 3 saturated heterocycles. The Labute approximate surface area is 204 Å². The molecule has 184 valence electrons. The predicted octanol–water partition coefficient (Wildman–Crippen LogP) is 3.45. The van der Waals surface area contributed by atoms with Crippen molar-refractivity contribution in [2.24, 2.45) is 0 Å². The summed E-state index contributed by atoms with van der Waals surface area (Å²) in [5, 5.41) is 3.09. The zero-order valence-corrected chi connectivity index (χ0v) is 19.6. The molecule has 1 N–H and O–H groups in total. The van der Waals surface area contributed by atoms with Crippen molar-refractivity contribution in [2.45, 2.75) is 56.7 Å². The van der Waals surface area contributed by atoms with Gasteiger partial charge in [-0.05, 0) is 67.6 Å². The summed E-state index contributed by atoms with van der Waals surface area (Å²) in [4.78, 5) is 41.3. The van der Waals surface area contributed by atoms with Crippen LogP contribution in [0.4, 0.5) is 4.39 Å². The molecule has 3 fully saturated rings. The maximum absolute atomic E-state index is 13.7. The van der Waals surface area contributed by atoms with Crippen LogP contribution in [0.1, 0.15) is 60.5 Å². The molecule has 3 aliphatic rings. The normalized spacial score (nSPS) is 24.2. The third-order valence-corrected chi connectivity index (χ3v) is 7.28. The van der Waals surface area contributed by atoms with Gasteiger partial charge in [0.1, 0.15) is 18.2 Å². The van der Waals surface area contributed by atoms with E-state index in [4.69, 9.17) is 4.74 Å². The van der Waals surface area contributed by atoms with E-state index in [1.54, 1.807) is 36.4 Å². The molecule has 0 saturated carbocycles. The zero-order chi connectivity index (χ0) is 24.4. The Morgan fingerprint density at radius 2 is 1.80 bits per heavy atom. The average Bonchev–Trinajstić information content (AvgIpc) is 3.37. The summed E-state index contributed by atoms with van der Waals surface area (Å²) in [6, 6.07) is 12.8. The molecule has 2 aromatic rings. The minimum absolute atomic E-state index is 0.0155. The summed E-state index contributed by atoms with van der Waals surface area (Å²) < 4.78 is 19.4. The number of halogens is 1. The molecule has 0 aliphatic carbocycles. The molecular weight excluding hydrogens is 449 g/mol. The van der Waals surface area contributed by atoms with Crippen molar-refractivity contribution in [1.29, 1.82) is 0 Å². The maximum atomic E-state index is 13.7. The van der Waals surface area contributed by atoms with Gasteiger partial charge in [-0.2, -0.15) is 0 Å². The first-order valence-electron chi connectivity index (χ1n) is 12.4. The second-order valence-corrected chi connectivity index (χ2v) is 9.51. The van der Waals surface area contributed by atoms with Crippen LogP contribution in [-0.4, -0.2) is 59.3 Å². The van der Waals surface area contributed by atoms with Crippen molar-refractivity contribution < 1.29 is 23.5 Å². The van der Waals surface area contributed by atoms with Crippen molar-refractivity contribution in [2.75, 3.05) is 19.7 Å². The molecule has 0 radical (unpaired) electrons. The summed E-state index contributed by atoms with van der Waals surface area (Å²) in [6.45, 7) is 1.74. The van der Waals surface area contributed by atoms with Gasteiger partial charge in [0.15, 0.2) is 0 Å². The van der Waals surface area contributed by atoms with Crippen LogP contribution in [0.15, 0.2) is 48.5 Å². The van der Waals surface area contributed by atoms with E-state index in [0.717, 1.165) is 31.4 Å². The Balaban J connectivity index is 1.31. The molecule has 3 amide bonds. The van der Waals surface area contributed by atoms with Gasteiger partial charge in [-0.3, -0.25) is 14.4 Å². The highest BCUT2D eigenvalue weighted by atomic mass is 19.1. The monoisotopic (exact) mass is 479 g/mol. The number of likely N-dealkylation sites (tertiary alicyclic amines) is 2. The maximum Gasteiger partial charge on any atom is 0.254 e. The van der Waals surface area contributed by atoms with Crippen molar-refractivity contribution in [1.82, 2.24) is 15.1 Å². The molecule has 3 aliphatic heterocycles. The summed E-state index contributed by atoms with van der Waals surface area (Å²) in [5.41, 5.74) is 1.40. The lowest BCUT2D eigenvalue weighted by molar-refractivity contribution is -0.128. The van der Waals surface area contributed by atoms with E-state index in [2.05, 4.69) is 5.32 Å². The second kappa shape index (κ2) is 10.1. The minimum Gasteiger partial charge on any atom is -0.492 e. The fourth-order valence-corrected chi connectivity index (χ4v) is 5.51. The molecule has 7 nitrogen and oxygen atoms in total. The molecule has 35 heavy (non-hydrogen) atoms. The first-order valence-corrected chi connectivity index (χ1v) is 12.4. The van der Waals surface area contributed by atoms with E-state index < -0.39 is 0 Å². The smallest absolute Gasteiger partial charge is 0.254 e. The number of carbonyl (C=O) groups excluding carboxylic acids is 3. The molecular formula is C27H30FN3O4. The van der Waals surface area contributed by atoms with E-state index in [0.29, 0.717) is 43.7 Å². The van der Waals surface area contributed by atoms with Crippen LogP contribution >= 0.6 is 0 Å². The number of amides is 3. The van der Waals surface area contributed by atoms with Crippen LogP contribution in [0.5, 0.6) is 5.75 Å². The van der Waals surface area contributed by atoms with Crippen LogP contribution in [0.25, 0.3) is 0 Å². The first kappa shape index (κ1) is 23.3. The highest BCUT2D eigenvalue weighted by Crippen LogP contribution is 2.40. The Morgan fingerprint density at radius 1 is 1.03 bits per heavy atom. The number of carbonyl (C=O) groups is 3. The highest BCUT2D eigenvalue weighted by Gasteiger charge is 2.45. The molecule has 0 unspecified atom stereocenters. The van der Waals surface area contributed by atoms with Gasteiger partial charge >= 0.3 is 0 Å². The van der Waals surface area contributed by atoms with E-state index in [-0.39, 0.29) is 41.7 Å². The van der Waals surface area contributed by atoms with Crippen LogP contribution < -0.4 is 10.1 Å². The number of hydrogen-bond acceptors (Lipinski definition) is 4. The fraction of sp³-hybridized carbons (Fsp3) is 0.444. The quantitative estimate of drug-likeness (QED) is 0.689. The van der Waals surface area contributed by atoms with Gasteiger partial charge in [0.2, 0.25) is 11.8 Å². The van der Waals surface area contributed by atoms with Crippen molar-refractivity contribution in [3.8, 4) is 5.75 Å². The summed E-state index contributed by atoms with van der Waals surface area (Å²) >= 11 is 0.